The van der Waals surface area contributed by atoms with Crippen LogP contribution < -0.4 is 10.2 Å². The molecule has 1 aliphatic heterocycles. The fourth-order valence-corrected chi connectivity index (χ4v) is 1.56. The highest BCUT2D eigenvalue weighted by Gasteiger charge is 2.09. The van der Waals surface area contributed by atoms with E-state index in [-0.39, 0.29) is 12.4 Å². The van der Waals surface area contributed by atoms with Crippen LogP contribution in [0, 0.1) is 0 Å². The summed E-state index contributed by atoms with van der Waals surface area (Å²) in [7, 11) is 4.15. The normalized spacial score (nSPS) is 13.4. The molecule has 1 heterocycles. The zero-order chi connectivity index (χ0) is 8.55. The number of hydrogen-bond donors (Lipinski definition) is 1. The Morgan fingerprint density at radius 3 is 2.54 bits per heavy atom. The molecule has 1 aliphatic rings. The van der Waals surface area contributed by atoms with E-state index in [1.54, 1.807) is 0 Å². The molecule has 2 nitrogen and oxygen atoms in total. The van der Waals surface area contributed by atoms with E-state index in [9.17, 15) is 0 Å². The average molecular weight is 199 g/mol. The first kappa shape index (κ1) is 10.4. The van der Waals surface area contributed by atoms with E-state index in [0.29, 0.717) is 0 Å². The quantitative estimate of drug-likeness (QED) is 0.740. The maximum absolute atomic E-state index is 3.34. The summed E-state index contributed by atoms with van der Waals surface area (Å²) in [5, 5.41) is 3.34. The second-order valence-corrected chi connectivity index (χ2v) is 3.45. The van der Waals surface area contributed by atoms with Gasteiger partial charge in [-0.05, 0) is 23.3 Å². The van der Waals surface area contributed by atoms with Crippen molar-refractivity contribution < 1.29 is 0 Å². The second-order valence-electron chi connectivity index (χ2n) is 3.45. The summed E-state index contributed by atoms with van der Waals surface area (Å²) in [5.41, 5.74) is 4.18. The zero-order valence-corrected chi connectivity index (χ0v) is 8.82. The number of fused-ring (bicyclic) bond motifs is 1. The first-order valence-electron chi connectivity index (χ1n) is 4.27. The van der Waals surface area contributed by atoms with Crippen molar-refractivity contribution in [1.29, 1.82) is 0 Å². The Morgan fingerprint density at radius 2 is 1.85 bits per heavy atom. The molecule has 0 fully saturated rings. The predicted molar refractivity (Wildman–Crippen MR) is 58.6 cm³/mol. The molecule has 0 unspecified atom stereocenters. The number of hydrogen-bond acceptors (Lipinski definition) is 2. The van der Waals surface area contributed by atoms with Crippen LogP contribution in [0.5, 0.6) is 0 Å². The molecule has 2 rings (SSSR count). The zero-order valence-electron chi connectivity index (χ0n) is 8.00. The molecule has 0 bridgehead atoms. The van der Waals surface area contributed by atoms with Gasteiger partial charge < -0.3 is 10.2 Å². The third-order valence-electron chi connectivity index (χ3n) is 2.34. The highest BCUT2D eigenvalue weighted by Crippen LogP contribution is 2.21. The van der Waals surface area contributed by atoms with Gasteiger partial charge in [-0.2, -0.15) is 0 Å². The standard InChI is InChI=1S/C10H14N2.ClH/c1-12(2)10-4-3-8-6-11-7-9(8)5-10;/h3-5,11H,6-7H2,1-2H3;1H. The topological polar surface area (TPSA) is 15.3 Å². The Morgan fingerprint density at radius 1 is 1.15 bits per heavy atom. The lowest BCUT2D eigenvalue weighted by atomic mass is 10.1. The molecule has 0 aromatic heterocycles. The van der Waals surface area contributed by atoms with E-state index in [4.69, 9.17) is 0 Å². The van der Waals surface area contributed by atoms with Crippen molar-refractivity contribution >= 4 is 18.1 Å². The largest absolute Gasteiger partial charge is 0.378 e. The minimum atomic E-state index is 0. The van der Waals surface area contributed by atoms with E-state index in [1.165, 1.54) is 16.8 Å². The predicted octanol–water partition coefficient (Wildman–Crippen LogP) is 1.78. The van der Waals surface area contributed by atoms with Crippen LogP contribution >= 0.6 is 12.4 Å². The molecule has 1 aromatic carbocycles. The molecule has 0 amide bonds. The molecule has 3 heteroatoms. The summed E-state index contributed by atoms with van der Waals surface area (Å²) >= 11 is 0. The van der Waals surface area contributed by atoms with Crippen molar-refractivity contribution in [2.24, 2.45) is 0 Å². The lowest BCUT2D eigenvalue weighted by Crippen LogP contribution is -2.08. The number of nitrogens with one attached hydrogen (secondary N) is 1. The highest BCUT2D eigenvalue weighted by molar-refractivity contribution is 5.85. The van der Waals surface area contributed by atoms with Crippen molar-refractivity contribution in [2.45, 2.75) is 13.1 Å². The van der Waals surface area contributed by atoms with Gasteiger partial charge in [-0.3, -0.25) is 0 Å². The maximum atomic E-state index is 3.34. The van der Waals surface area contributed by atoms with E-state index < -0.39 is 0 Å². The van der Waals surface area contributed by atoms with Gasteiger partial charge in [-0.15, -0.1) is 12.4 Å². The average Bonchev–Trinajstić information content (AvgIpc) is 2.49. The third-order valence-corrected chi connectivity index (χ3v) is 2.34. The second kappa shape index (κ2) is 3.99. The molecule has 0 aliphatic carbocycles. The molecule has 1 N–H and O–H groups in total. The molecular formula is C10H15ClN2. The van der Waals surface area contributed by atoms with Crippen LogP contribution in [0.4, 0.5) is 5.69 Å². The van der Waals surface area contributed by atoms with Gasteiger partial charge in [-0.25, -0.2) is 0 Å². The van der Waals surface area contributed by atoms with Gasteiger partial charge in [0, 0.05) is 32.9 Å². The summed E-state index contributed by atoms with van der Waals surface area (Å²) in [5.74, 6) is 0. The molecule has 0 spiro atoms. The van der Waals surface area contributed by atoms with Gasteiger partial charge in [0.1, 0.15) is 0 Å². The van der Waals surface area contributed by atoms with E-state index >= 15 is 0 Å². The van der Waals surface area contributed by atoms with Crippen molar-refractivity contribution in [1.82, 2.24) is 5.32 Å². The Bertz CT molecular complexity index is 297. The van der Waals surface area contributed by atoms with Gasteiger partial charge in [0.15, 0.2) is 0 Å². The molecule has 0 atom stereocenters. The van der Waals surface area contributed by atoms with E-state index in [0.717, 1.165) is 13.1 Å². The third kappa shape index (κ3) is 1.95. The summed E-state index contributed by atoms with van der Waals surface area (Å²) in [6.45, 7) is 2.06. The SMILES string of the molecule is CN(C)c1ccc2c(c1)CNC2.Cl. The van der Waals surface area contributed by atoms with Crippen molar-refractivity contribution in [3.8, 4) is 0 Å². The Hall–Kier alpha value is -0.730. The van der Waals surface area contributed by atoms with Crippen LogP contribution in [0.3, 0.4) is 0 Å². The van der Waals surface area contributed by atoms with Crippen LogP contribution in [-0.2, 0) is 13.1 Å². The van der Waals surface area contributed by atoms with Crippen LogP contribution in [0.1, 0.15) is 11.1 Å². The summed E-state index contributed by atoms with van der Waals surface area (Å²) in [6, 6.07) is 6.64. The summed E-state index contributed by atoms with van der Waals surface area (Å²) in [4.78, 5) is 2.14. The number of anilines is 1. The molecule has 1 aromatic rings. The van der Waals surface area contributed by atoms with Crippen LogP contribution in [0.25, 0.3) is 0 Å². The summed E-state index contributed by atoms with van der Waals surface area (Å²) < 4.78 is 0. The smallest absolute Gasteiger partial charge is 0.0364 e. The monoisotopic (exact) mass is 198 g/mol. The Labute approximate surface area is 85.3 Å². The fraction of sp³-hybridized carbons (Fsp3) is 0.400. The minimum Gasteiger partial charge on any atom is -0.378 e. The number of rotatable bonds is 1. The van der Waals surface area contributed by atoms with Crippen molar-refractivity contribution in [3.05, 3.63) is 29.3 Å². The number of halogens is 1. The van der Waals surface area contributed by atoms with Gasteiger partial charge in [0.05, 0.1) is 0 Å². The van der Waals surface area contributed by atoms with Crippen LogP contribution in [0.15, 0.2) is 18.2 Å². The van der Waals surface area contributed by atoms with Gasteiger partial charge in [0.2, 0.25) is 0 Å². The molecule has 0 saturated carbocycles. The van der Waals surface area contributed by atoms with Crippen LogP contribution in [-0.4, -0.2) is 14.1 Å². The lowest BCUT2D eigenvalue weighted by Gasteiger charge is -2.13. The molecule has 13 heavy (non-hydrogen) atoms. The molecule has 0 saturated heterocycles. The van der Waals surface area contributed by atoms with Crippen LogP contribution in [0.2, 0.25) is 0 Å². The number of benzene rings is 1. The molecule has 0 radical (unpaired) electrons. The molecular weight excluding hydrogens is 184 g/mol. The number of nitrogens with zero attached hydrogens (tertiary/aromatic N) is 1. The fourth-order valence-electron chi connectivity index (χ4n) is 1.56. The van der Waals surface area contributed by atoms with E-state index in [2.05, 4.69) is 42.5 Å². The first-order chi connectivity index (χ1) is 5.77. The van der Waals surface area contributed by atoms with Gasteiger partial charge in [-0.1, -0.05) is 6.07 Å². The summed E-state index contributed by atoms with van der Waals surface area (Å²) in [6.07, 6.45) is 0. The van der Waals surface area contributed by atoms with Gasteiger partial charge >= 0.3 is 0 Å². The molecule has 72 valence electrons. The van der Waals surface area contributed by atoms with Gasteiger partial charge in [0.25, 0.3) is 0 Å². The first-order valence-corrected chi connectivity index (χ1v) is 4.27. The van der Waals surface area contributed by atoms with E-state index in [1.807, 2.05) is 0 Å². The lowest BCUT2D eigenvalue weighted by molar-refractivity contribution is 0.765. The van der Waals surface area contributed by atoms with Crippen molar-refractivity contribution in [3.63, 3.8) is 0 Å². The Balaban J connectivity index is 0.000000845. The highest BCUT2D eigenvalue weighted by atomic mass is 35.5. The maximum Gasteiger partial charge on any atom is 0.0364 e. The van der Waals surface area contributed by atoms with Crippen molar-refractivity contribution in [2.75, 3.05) is 19.0 Å². The minimum absolute atomic E-state index is 0. The Kier molecular flexibility index (Phi) is 3.17.